The first-order valence-electron chi connectivity index (χ1n) is 9.10. The third kappa shape index (κ3) is 4.26. The fourth-order valence-corrected chi connectivity index (χ4v) is 3.41. The van der Waals surface area contributed by atoms with Crippen LogP contribution in [0, 0.1) is 0 Å². The fourth-order valence-electron chi connectivity index (χ4n) is 3.41. The molecule has 0 saturated carbocycles. The Hall–Kier alpha value is -2.92. The van der Waals surface area contributed by atoms with Crippen molar-refractivity contribution < 1.29 is 9.59 Å². The number of carbonyl (C=O) groups excluding carboxylic acids is 2. The standard InChI is InChI=1S/C22H25N3O2/c1-15(21(23)26)24-19-13-18(16-9-5-3-6-10-16)14-20(25(2)22(19)27)17-11-7-4-8-12-17/h3-12,14-15,19-20,24H,13H2,1-2H3,(H2,23,26)/t15-,19-,20+/m0/s1. The van der Waals surface area contributed by atoms with Gasteiger partial charge in [-0.05, 0) is 30.0 Å². The molecule has 0 unspecified atom stereocenters. The number of hydrogen-bond acceptors (Lipinski definition) is 3. The zero-order valence-electron chi connectivity index (χ0n) is 15.6. The SMILES string of the molecule is C[C@H](N[C@H]1CC(c2ccccc2)=C[C@H](c2ccccc2)N(C)C1=O)C(N)=O. The Labute approximate surface area is 159 Å². The van der Waals surface area contributed by atoms with Crippen molar-refractivity contribution in [3.8, 4) is 0 Å². The van der Waals surface area contributed by atoms with Crippen molar-refractivity contribution in [2.45, 2.75) is 31.5 Å². The van der Waals surface area contributed by atoms with Crippen LogP contribution in [0.25, 0.3) is 5.57 Å². The van der Waals surface area contributed by atoms with Gasteiger partial charge in [0.05, 0.1) is 18.1 Å². The topological polar surface area (TPSA) is 75.4 Å². The fraction of sp³-hybridized carbons (Fsp3) is 0.273. The molecule has 0 spiro atoms. The van der Waals surface area contributed by atoms with Crippen LogP contribution in [0.1, 0.15) is 30.5 Å². The van der Waals surface area contributed by atoms with Gasteiger partial charge >= 0.3 is 0 Å². The lowest BCUT2D eigenvalue weighted by Gasteiger charge is -2.28. The maximum absolute atomic E-state index is 13.1. The van der Waals surface area contributed by atoms with Crippen molar-refractivity contribution >= 4 is 17.4 Å². The molecule has 0 saturated heterocycles. The highest BCUT2D eigenvalue weighted by Crippen LogP contribution is 2.32. The van der Waals surface area contributed by atoms with Gasteiger partial charge < -0.3 is 10.6 Å². The summed E-state index contributed by atoms with van der Waals surface area (Å²) >= 11 is 0. The summed E-state index contributed by atoms with van der Waals surface area (Å²) in [5, 5.41) is 3.10. The van der Waals surface area contributed by atoms with Crippen molar-refractivity contribution in [3.63, 3.8) is 0 Å². The molecule has 2 aromatic rings. The molecule has 5 nitrogen and oxygen atoms in total. The molecule has 2 aromatic carbocycles. The second-order valence-electron chi connectivity index (χ2n) is 6.91. The first-order chi connectivity index (χ1) is 13.0. The van der Waals surface area contributed by atoms with Gasteiger partial charge in [0, 0.05) is 7.05 Å². The average Bonchev–Trinajstić information content (AvgIpc) is 2.81. The van der Waals surface area contributed by atoms with Crippen molar-refractivity contribution in [1.29, 1.82) is 0 Å². The summed E-state index contributed by atoms with van der Waals surface area (Å²) in [6.45, 7) is 1.68. The number of carbonyl (C=O) groups is 2. The average molecular weight is 363 g/mol. The second kappa shape index (κ2) is 8.18. The van der Waals surface area contributed by atoms with Crippen LogP contribution in [0.4, 0.5) is 0 Å². The third-order valence-corrected chi connectivity index (χ3v) is 5.01. The molecule has 3 N–H and O–H groups in total. The number of benzene rings is 2. The summed E-state index contributed by atoms with van der Waals surface area (Å²) < 4.78 is 0. The molecule has 0 aliphatic carbocycles. The number of nitrogens with zero attached hydrogens (tertiary/aromatic N) is 1. The van der Waals surface area contributed by atoms with Gasteiger partial charge in [-0.1, -0.05) is 66.7 Å². The van der Waals surface area contributed by atoms with E-state index in [4.69, 9.17) is 5.73 Å². The smallest absolute Gasteiger partial charge is 0.240 e. The Kier molecular flexibility index (Phi) is 5.72. The molecule has 5 heteroatoms. The quantitative estimate of drug-likeness (QED) is 0.857. The van der Waals surface area contributed by atoms with Crippen molar-refractivity contribution in [2.24, 2.45) is 5.73 Å². The number of likely N-dealkylation sites (N-methyl/N-ethyl adjacent to an activating group) is 1. The minimum Gasteiger partial charge on any atom is -0.368 e. The van der Waals surface area contributed by atoms with E-state index in [-0.39, 0.29) is 11.9 Å². The van der Waals surface area contributed by atoms with Crippen LogP contribution in [0.2, 0.25) is 0 Å². The van der Waals surface area contributed by atoms with Gasteiger partial charge in [-0.2, -0.15) is 0 Å². The van der Waals surface area contributed by atoms with E-state index < -0.39 is 18.0 Å². The Bertz CT molecular complexity index is 833. The molecule has 1 heterocycles. The number of nitrogens with two attached hydrogens (primary N) is 1. The predicted molar refractivity (Wildman–Crippen MR) is 107 cm³/mol. The number of primary amides is 1. The van der Waals surface area contributed by atoms with Gasteiger partial charge in [-0.3, -0.25) is 14.9 Å². The lowest BCUT2D eigenvalue weighted by atomic mass is 9.96. The van der Waals surface area contributed by atoms with E-state index in [0.29, 0.717) is 6.42 Å². The minimum atomic E-state index is -0.586. The molecular weight excluding hydrogens is 338 g/mol. The van der Waals surface area contributed by atoms with Crippen LogP contribution in [0.5, 0.6) is 0 Å². The summed E-state index contributed by atoms with van der Waals surface area (Å²) in [6, 6.07) is 18.7. The summed E-state index contributed by atoms with van der Waals surface area (Å²) in [7, 11) is 1.80. The first-order valence-corrected chi connectivity index (χ1v) is 9.10. The maximum Gasteiger partial charge on any atom is 0.240 e. The first kappa shape index (κ1) is 18.9. The Morgan fingerprint density at radius 1 is 1.11 bits per heavy atom. The summed E-state index contributed by atoms with van der Waals surface area (Å²) in [4.78, 5) is 26.4. The largest absolute Gasteiger partial charge is 0.368 e. The predicted octanol–water partition coefficient (Wildman–Crippen LogP) is 2.51. The summed E-state index contributed by atoms with van der Waals surface area (Å²) in [5.74, 6) is -0.529. The monoisotopic (exact) mass is 363 g/mol. The highest BCUT2D eigenvalue weighted by molar-refractivity contribution is 5.88. The lowest BCUT2D eigenvalue weighted by Crippen LogP contribution is -2.51. The number of hydrogen-bond donors (Lipinski definition) is 2. The Balaban J connectivity index is 2.02. The maximum atomic E-state index is 13.1. The molecule has 140 valence electrons. The van der Waals surface area contributed by atoms with Gasteiger partial charge in [-0.25, -0.2) is 0 Å². The second-order valence-corrected chi connectivity index (χ2v) is 6.91. The summed E-state index contributed by atoms with van der Waals surface area (Å²) in [5.41, 5.74) is 8.58. The Morgan fingerprint density at radius 2 is 1.70 bits per heavy atom. The molecule has 1 aliphatic heterocycles. The molecule has 1 aliphatic rings. The van der Waals surface area contributed by atoms with E-state index >= 15 is 0 Å². The van der Waals surface area contributed by atoms with E-state index in [1.807, 2.05) is 60.7 Å². The zero-order chi connectivity index (χ0) is 19.4. The van der Waals surface area contributed by atoms with Crippen LogP contribution < -0.4 is 11.1 Å². The van der Waals surface area contributed by atoms with Crippen molar-refractivity contribution in [2.75, 3.05) is 7.05 Å². The van der Waals surface area contributed by atoms with Gasteiger partial charge in [-0.15, -0.1) is 0 Å². The van der Waals surface area contributed by atoms with E-state index in [1.54, 1.807) is 18.9 Å². The van der Waals surface area contributed by atoms with Crippen LogP contribution >= 0.6 is 0 Å². The third-order valence-electron chi connectivity index (χ3n) is 5.01. The highest BCUT2D eigenvalue weighted by atomic mass is 16.2. The highest BCUT2D eigenvalue weighted by Gasteiger charge is 2.33. The van der Waals surface area contributed by atoms with Crippen LogP contribution in [-0.4, -0.2) is 35.8 Å². The zero-order valence-corrected chi connectivity index (χ0v) is 15.6. The van der Waals surface area contributed by atoms with Crippen LogP contribution in [0.15, 0.2) is 66.7 Å². The van der Waals surface area contributed by atoms with E-state index in [9.17, 15) is 9.59 Å². The molecule has 0 aromatic heterocycles. The number of nitrogens with one attached hydrogen (secondary N) is 1. The molecule has 0 fully saturated rings. The van der Waals surface area contributed by atoms with Crippen molar-refractivity contribution in [1.82, 2.24) is 10.2 Å². The van der Waals surface area contributed by atoms with E-state index in [1.165, 1.54) is 0 Å². The van der Waals surface area contributed by atoms with E-state index in [0.717, 1.165) is 16.7 Å². The van der Waals surface area contributed by atoms with Crippen LogP contribution in [-0.2, 0) is 9.59 Å². The number of amides is 2. The molecule has 3 atom stereocenters. The molecule has 27 heavy (non-hydrogen) atoms. The minimum absolute atomic E-state index is 0.0564. The molecule has 0 bridgehead atoms. The van der Waals surface area contributed by atoms with Gasteiger partial charge in [0.2, 0.25) is 11.8 Å². The van der Waals surface area contributed by atoms with Crippen molar-refractivity contribution in [3.05, 3.63) is 77.9 Å². The van der Waals surface area contributed by atoms with E-state index in [2.05, 4.69) is 11.4 Å². The van der Waals surface area contributed by atoms with Gasteiger partial charge in [0.1, 0.15) is 0 Å². The lowest BCUT2D eigenvalue weighted by molar-refractivity contribution is -0.133. The normalized spacial score (nSPS) is 21.3. The Morgan fingerprint density at radius 3 is 2.30 bits per heavy atom. The molecule has 2 amide bonds. The summed E-state index contributed by atoms with van der Waals surface area (Å²) in [6.07, 6.45) is 2.63. The van der Waals surface area contributed by atoms with Crippen LogP contribution in [0.3, 0.4) is 0 Å². The van der Waals surface area contributed by atoms with Gasteiger partial charge in [0.25, 0.3) is 0 Å². The van der Waals surface area contributed by atoms with Gasteiger partial charge in [0.15, 0.2) is 0 Å². The molecule has 0 radical (unpaired) electrons. The number of rotatable bonds is 5. The molecule has 3 rings (SSSR count). The molecular formula is C22H25N3O2.